The van der Waals surface area contributed by atoms with Gasteiger partial charge in [0, 0.05) is 43.8 Å². The maximum atomic E-state index is 13.1. The smallest absolute Gasteiger partial charge is 0.219 e. The van der Waals surface area contributed by atoms with Crippen molar-refractivity contribution in [2.24, 2.45) is 10.8 Å². The van der Waals surface area contributed by atoms with Crippen molar-refractivity contribution in [1.29, 1.82) is 0 Å². The molecule has 0 unspecified atom stereocenters. The Hall–Kier alpha value is -2.41. The van der Waals surface area contributed by atoms with E-state index in [2.05, 4.69) is 11.8 Å². The maximum Gasteiger partial charge on any atom is 0.219 e. The van der Waals surface area contributed by atoms with Crippen molar-refractivity contribution in [2.45, 2.75) is 59.3 Å². The molecule has 0 radical (unpaired) electrons. The summed E-state index contributed by atoms with van der Waals surface area (Å²) in [4.78, 5) is 39.5. The van der Waals surface area contributed by atoms with Gasteiger partial charge < -0.3 is 4.90 Å². The summed E-state index contributed by atoms with van der Waals surface area (Å²) in [6, 6.07) is 3.96. The van der Waals surface area contributed by atoms with Gasteiger partial charge in [-0.15, -0.1) is 5.92 Å². The molecule has 2 aliphatic carbocycles. The number of nitrogens with zero attached hydrogens (tertiary/aromatic N) is 1. The molecule has 1 aliphatic heterocycles. The molecule has 2 saturated carbocycles. The second-order valence-electron chi connectivity index (χ2n) is 9.35. The minimum atomic E-state index is -0.624. The van der Waals surface area contributed by atoms with Gasteiger partial charge in [-0.2, -0.15) is 0 Å². The highest BCUT2D eigenvalue weighted by Gasteiger charge is 2.63. The first-order valence-electron chi connectivity index (χ1n) is 10.0. The van der Waals surface area contributed by atoms with Crippen LogP contribution >= 0.6 is 0 Å². The fourth-order valence-corrected chi connectivity index (χ4v) is 6.15. The Labute approximate surface area is 166 Å². The fourth-order valence-electron chi connectivity index (χ4n) is 6.15. The zero-order valence-electron chi connectivity index (χ0n) is 17.1. The number of likely N-dealkylation sites (tertiary alicyclic amines) is 1. The SMILES string of the molecule is CC#Cc1cc(C)c(C2C(=O)CC3(CC2=O)CC2(CN(C(C)=O)C2)C3)c(C)c1. The van der Waals surface area contributed by atoms with Crippen molar-refractivity contribution in [2.75, 3.05) is 13.1 Å². The molecule has 4 rings (SSSR count). The van der Waals surface area contributed by atoms with Crippen LogP contribution in [0.25, 0.3) is 0 Å². The summed E-state index contributed by atoms with van der Waals surface area (Å²) in [7, 11) is 0. The molecule has 1 amide bonds. The zero-order valence-corrected chi connectivity index (χ0v) is 17.1. The van der Waals surface area contributed by atoms with Gasteiger partial charge in [0.15, 0.2) is 0 Å². The highest BCUT2D eigenvalue weighted by Crippen LogP contribution is 2.64. The topological polar surface area (TPSA) is 54.5 Å². The van der Waals surface area contributed by atoms with E-state index in [1.165, 1.54) is 0 Å². The van der Waals surface area contributed by atoms with Crippen LogP contribution in [-0.4, -0.2) is 35.5 Å². The Balaban J connectivity index is 1.52. The molecule has 1 heterocycles. The summed E-state index contributed by atoms with van der Waals surface area (Å²) in [6.07, 6.45) is 2.77. The van der Waals surface area contributed by atoms with Gasteiger partial charge in [-0.25, -0.2) is 0 Å². The van der Waals surface area contributed by atoms with Crippen LogP contribution in [0.2, 0.25) is 0 Å². The molecule has 0 atom stereocenters. The predicted octanol–water partition coefficient (Wildman–Crippen LogP) is 3.32. The number of aryl methyl sites for hydroxylation is 2. The summed E-state index contributed by atoms with van der Waals surface area (Å²) in [5.74, 6) is 5.58. The largest absolute Gasteiger partial charge is 0.342 e. The summed E-state index contributed by atoms with van der Waals surface area (Å²) in [6.45, 7) is 8.91. The minimum Gasteiger partial charge on any atom is -0.342 e. The number of amides is 1. The molecule has 0 aromatic heterocycles. The van der Waals surface area contributed by atoms with Gasteiger partial charge in [-0.05, 0) is 67.9 Å². The third-order valence-electron chi connectivity index (χ3n) is 6.89. The maximum absolute atomic E-state index is 13.1. The Morgan fingerprint density at radius 2 is 1.57 bits per heavy atom. The van der Waals surface area contributed by atoms with E-state index in [1.807, 2.05) is 30.9 Å². The van der Waals surface area contributed by atoms with E-state index in [9.17, 15) is 14.4 Å². The van der Waals surface area contributed by atoms with Crippen molar-refractivity contribution in [3.8, 4) is 11.8 Å². The summed E-state index contributed by atoms with van der Waals surface area (Å²) in [5.41, 5.74) is 3.75. The summed E-state index contributed by atoms with van der Waals surface area (Å²) >= 11 is 0. The van der Waals surface area contributed by atoms with Crippen LogP contribution in [-0.2, 0) is 14.4 Å². The average molecular weight is 377 g/mol. The van der Waals surface area contributed by atoms with Crippen molar-refractivity contribution >= 4 is 17.5 Å². The van der Waals surface area contributed by atoms with E-state index < -0.39 is 5.92 Å². The molecular weight excluding hydrogens is 350 g/mol. The van der Waals surface area contributed by atoms with Gasteiger partial charge in [-0.3, -0.25) is 14.4 Å². The number of rotatable bonds is 1. The first-order chi connectivity index (χ1) is 13.2. The second kappa shape index (κ2) is 6.30. The molecule has 0 N–H and O–H groups in total. The molecule has 3 aliphatic rings. The standard InChI is InChI=1S/C24H27NO3/c1-5-6-18-7-15(2)21(16(3)8-18)22-19(27)9-23(10-20(22)28)11-24(12-23)13-25(14-24)17(4)26/h7-8,22H,9-14H2,1-4H3. The monoisotopic (exact) mass is 377 g/mol. The van der Waals surface area contributed by atoms with Crippen molar-refractivity contribution < 1.29 is 14.4 Å². The van der Waals surface area contributed by atoms with Gasteiger partial charge in [0.25, 0.3) is 0 Å². The third kappa shape index (κ3) is 2.89. The van der Waals surface area contributed by atoms with Crippen LogP contribution < -0.4 is 0 Å². The van der Waals surface area contributed by atoms with Crippen LogP contribution in [0.5, 0.6) is 0 Å². The average Bonchev–Trinajstić information content (AvgIpc) is 2.51. The predicted molar refractivity (Wildman–Crippen MR) is 107 cm³/mol. The number of hydrogen-bond acceptors (Lipinski definition) is 3. The van der Waals surface area contributed by atoms with Crippen LogP contribution in [0.3, 0.4) is 0 Å². The molecular formula is C24H27NO3. The van der Waals surface area contributed by atoms with E-state index in [0.29, 0.717) is 12.8 Å². The number of hydrogen-bond donors (Lipinski definition) is 0. The molecule has 1 aromatic rings. The van der Waals surface area contributed by atoms with Gasteiger partial charge in [0.05, 0.1) is 0 Å². The lowest BCUT2D eigenvalue weighted by atomic mass is 9.45. The molecule has 1 aromatic carbocycles. The minimum absolute atomic E-state index is 0.0642. The Morgan fingerprint density at radius 1 is 1.04 bits per heavy atom. The quantitative estimate of drug-likeness (QED) is 0.557. The molecule has 28 heavy (non-hydrogen) atoms. The van der Waals surface area contributed by atoms with Gasteiger partial charge >= 0.3 is 0 Å². The first kappa shape index (κ1) is 18.9. The van der Waals surface area contributed by atoms with Gasteiger partial charge in [-0.1, -0.05) is 5.92 Å². The highest BCUT2D eigenvalue weighted by atomic mass is 16.2. The Bertz CT molecular complexity index is 905. The van der Waals surface area contributed by atoms with Crippen molar-refractivity contribution in [1.82, 2.24) is 4.90 Å². The Kier molecular flexibility index (Phi) is 4.26. The summed E-state index contributed by atoms with van der Waals surface area (Å²) < 4.78 is 0. The van der Waals surface area contributed by atoms with E-state index in [1.54, 1.807) is 13.8 Å². The van der Waals surface area contributed by atoms with Gasteiger partial charge in [0.1, 0.15) is 17.5 Å². The number of Topliss-reactive ketones (excluding diaryl/α,β-unsaturated/α-hetero) is 2. The van der Waals surface area contributed by atoms with Crippen LogP contribution in [0.1, 0.15) is 67.7 Å². The fraction of sp³-hybridized carbons (Fsp3) is 0.542. The number of benzene rings is 1. The van der Waals surface area contributed by atoms with Crippen LogP contribution in [0.4, 0.5) is 0 Å². The number of carbonyl (C=O) groups excluding carboxylic acids is 3. The highest BCUT2D eigenvalue weighted by molar-refractivity contribution is 6.10. The number of ketones is 2. The van der Waals surface area contributed by atoms with Crippen molar-refractivity contribution in [3.63, 3.8) is 0 Å². The second-order valence-corrected chi connectivity index (χ2v) is 9.35. The molecule has 146 valence electrons. The molecule has 3 fully saturated rings. The first-order valence-corrected chi connectivity index (χ1v) is 10.0. The third-order valence-corrected chi connectivity index (χ3v) is 6.89. The lowest BCUT2D eigenvalue weighted by Crippen LogP contribution is -2.67. The molecule has 4 heteroatoms. The van der Waals surface area contributed by atoms with E-state index in [4.69, 9.17) is 0 Å². The molecule has 2 spiro atoms. The number of carbonyl (C=O) groups is 3. The molecule has 4 nitrogen and oxygen atoms in total. The van der Waals surface area contributed by atoms with Crippen LogP contribution in [0.15, 0.2) is 12.1 Å². The van der Waals surface area contributed by atoms with Gasteiger partial charge in [0.2, 0.25) is 5.91 Å². The zero-order chi connectivity index (χ0) is 20.3. The summed E-state index contributed by atoms with van der Waals surface area (Å²) in [5, 5.41) is 0. The lowest BCUT2D eigenvalue weighted by molar-refractivity contribution is -0.178. The van der Waals surface area contributed by atoms with E-state index >= 15 is 0 Å². The van der Waals surface area contributed by atoms with Crippen LogP contribution in [0, 0.1) is 36.5 Å². The lowest BCUT2D eigenvalue weighted by Gasteiger charge is -2.65. The molecule has 0 bridgehead atoms. The van der Waals surface area contributed by atoms with E-state index in [0.717, 1.165) is 48.2 Å². The van der Waals surface area contributed by atoms with E-state index in [-0.39, 0.29) is 28.3 Å². The van der Waals surface area contributed by atoms with Crippen molar-refractivity contribution in [3.05, 3.63) is 34.4 Å². The normalized spacial score (nSPS) is 22.5. The Morgan fingerprint density at radius 3 is 2.04 bits per heavy atom. The molecule has 1 saturated heterocycles.